The van der Waals surface area contributed by atoms with Crippen LogP contribution in [0.1, 0.15) is 5.56 Å². The maximum atomic E-state index is 11.0. The molecule has 1 aromatic heterocycles. The van der Waals surface area contributed by atoms with E-state index < -0.39 is 0 Å². The van der Waals surface area contributed by atoms with Crippen LogP contribution in [0.15, 0.2) is 18.2 Å². The molecule has 2 heterocycles. The third-order valence-electron chi connectivity index (χ3n) is 2.39. The Morgan fingerprint density at radius 3 is 3.14 bits per heavy atom. The summed E-state index contributed by atoms with van der Waals surface area (Å²) in [5.74, 6) is 0.450. The molecule has 0 spiro atoms. The minimum absolute atomic E-state index is 0.193. The monoisotopic (exact) mass is 189 g/mol. The second-order valence-corrected chi connectivity index (χ2v) is 3.31. The Kier molecular flexibility index (Phi) is 1.21. The number of aromatic nitrogens is 1. The maximum absolute atomic E-state index is 11.0. The molecule has 1 aliphatic rings. The fourth-order valence-corrected chi connectivity index (χ4v) is 1.77. The predicted octanol–water partition coefficient (Wildman–Crippen LogP) is 1.33. The van der Waals surface area contributed by atoms with Crippen LogP contribution in [0.5, 0.6) is 11.6 Å². The molecule has 14 heavy (non-hydrogen) atoms. The number of benzene rings is 1. The minimum Gasteiger partial charge on any atom is -0.508 e. The molecule has 2 aromatic rings. The molecule has 1 aromatic carbocycles. The van der Waals surface area contributed by atoms with Crippen LogP contribution < -0.4 is 4.74 Å². The van der Waals surface area contributed by atoms with Gasteiger partial charge in [-0.05, 0) is 18.2 Å². The van der Waals surface area contributed by atoms with E-state index in [9.17, 15) is 9.90 Å². The Labute approximate surface area is 79.1 Å². The third kappa shape index (κ3) is 0.849. The molecule has 3 rings (SSSR count). The Bertz CT molecular complexity index is 542. The number of ether oxygens (including phenoxy) is 1. The molecule has 1 aliphatic heterocycles. The van der Waals surface area contributed by atoms with E-state index in [1.54, 1.807) is 18.2 Å². The zero-order valence-electron chi connectivity index (χ0n) is 7.20. The summed E-state index contributed by atoms with van der Waals surface area (Å²) >= 11 is 0. The molecule has 2 N–H and O–H groups in total. The summed E-state index contributed by atoms with van der Waals surface area (Å²) in [5, 5.41) is 10.2. The van der Waals surface area contributed by atoms with Crippen molar-refractivity contribution in [2.45, 2.75) is 6.42 Å². The molecule has 0 saturated heterocycles. The number of aromatic amines is 1. The van der Waals surface area contributed by atoms with Gasteiger partial charge in [0.1, 0.15) is 5.75 Å². The number of rotatable bonds is 0. The van der Waals surface area contributed by atoms with E-state index in [2.05, 4.69) is 4.98 Å². The molecule has 0 unspecified atom stereocenters. The van der Waals surface area contributed by atoms with Crippen LogP contribution in [0.25, 0.3) is 10.9 Å². The minimum atomic E-state index is -0.253. The lowest BCUT2D eigenvalue weighted by Crippen LogP contribution is -2.01. The normalized spacial score (nSPS) is 14.4. The molecule has 0 amide bonds. The quantitative estimate of drug-likeness (QED) is 0.614. The van der Waals surface area contributed by atoms with E-state index in [1.165, 1.54) is 0 Å². The van der Waals surface area contributed by atoms with Gasteiger partial charge in [-0.1, -0.05) is 0 Å². The van der Waals surface area contributed by atoms with Crippen molar-refractivity contribution >= 4 is 16.9 Å². The number of hydrogen-bond donors (Lipinski definition) is 2. The summed E-state index contributed by atoms with van der Waals surface area (Å²) in [6.45, 7) is 0. The standard InChI is InChI=1S/C10H7NO3/c12-5-1-2-8-6(3-5)7-4-9(13)14-10(7)11-8/h1-3,11-12H,4H2. The number of esters is 1. The first kappa shape index (κ1) is 7.44. The highest BCUT2D eigenvalue weighted by molar-refractivity contribution is 5.94. The summed E-state index contributed by atoms with van der Waals surface area (Å²) in [6, 6.07) is 4.99. The van der Waals surface area contributed by atoms with Gasteiger partial charge in [0.2, 0.25) is 5.88 Å². The topological polar surface area (TPSA) is 62.3 Å². The second-order valence-electron chi connectivity index (χ2n) is 3.31. The molecule has 0 radical (unpaired) electrons. The zero-order chi connectivity index (χ0) is 9.71. The van der Waals surface area contributed by atoms with Crippen molar-refractivity contribution in [1.29, 1.82) is 0 Å². The molecular weight excluding hydrogens is 182 g/mol. The van der Waals surface area contributed by atoms with Crippen molar-refractivity contribution in [3.63, 3.8) is 0 Å². The summed E-state index contributed by atoms with van der Waals surface area (Å²) in [4.78, 5) is 14.0. The highest BCUT2D eigenvalue weighted by Crippen LogP contribution is 2.34. The average molecular weight is 189 g/mol. The van der Waals surface area contributed by atoms with Crippen LogP contribution in [0.4, 0.5) is 0 Å². The van der Waals surface area contributed by atoms with Gasteiger partial charge in [-0.25, -0.2) is 0 Å². The lowest BCUT2D eigenvalue weighted by Gasteiger charge is -1.93. The van der Waals surface area contributed by atoms with E-state index in [4.69, 9.17) is 4.74 Å². The van der Waals surface area contributed by atoms with Crippen LogP contribution in [-0.4, -0.2) is 16.1 Å². The van der Waals surface area contributed by atoms with Gasteiger partial charge in [0, 0.05) is 16.5 Å². The number of H-pyrrole nitrogens is 1. The van der Waals surface area contributed by atoms with Gasteiger partial charge in [0.25, 0.3) is 0 Å². The third-order valence-corrected chi connectivity index (χ3v) is 2.39. The van der Waals surface area contributed by atoms with E-state index in [1.807, 2.05) is 0 Å². The number of aromatic hydroxyl groups is 1. The number of phenols is 1. The van der Waals surface area contributed by atoms with Gasteiger partial charge in [0.15, 0.2) is 0 Å². The van der Waals surface area contributed by atoms with E-state index in [-0.39, 0.29) is 18.1 Å². The average Bonchev–Trinajstić information content (AvgIpc) is 2.62. The van der Waals surface area contributed by atoms with Gasteiger partial charge < -0.3 is 14.8 Å². The van der Waals surface area contributed by atoms with Crippen LogP contribution in [0, 0.1) is 0 Å². The smallest absolute Gasteiger partial charge is 0.317 e. The molecule has 0 fully saturated rings. The van der Waals surface area contributed by atoms with E-state index in [0.29, 0.717) is 5.88 Å². The second kappa shape index (κ2) is 2.29. The van der Waals surface area contributed by atoms with Crippen molar-refractivity contribution in [2.75, 3.05) is 0 Å². The van der Waals surface area contributed by atoms with Crippen LogP contribution in [0.3, 0.4) is 0 Å². The Morgan fingerprint density at radius 2 is 2.29 bits per heavy atom. The van der Waals surface area contributed by atoms with Gasteiger partial charge >= 0.3 is 5.97 Å². The molecule has 0 aliphatic carbocycles. The van der Waals surface area contributed by atoms with Crippen LogP contribution in [0.2, 0.25) is 0 Å². The number of fused-ring (bicyclic) bond motifs is 3. The summed E-state index contributed by atoms with van der Waals surface area (Å²) in [6.07, 6.45) is 0.277. The largest absolute Gasteiger partial charge is 0.508 e. The summed E-state index contributed by atoms with van der Waals surface area (Å²) in [5.41, 5.74) is 1.71. The molecule has 4 nitrogen and oxygen atoms in total. The first-order chi connectivity index (χ1) is 6.74. The number of carbonyl (C=O) groups is 1. The van der Waals surface area contributed by atoms with E-state index in [0.717, 1.165) is 16.5 Å². The Balaban J connectivity index is 2.35. The van der Waals surface area contributed by atoms with Crippen molar-refractivity contribution in [3.05, 3.63) is 23.8 Å². The highest BCUT2D eigenvalue weighted by atomic mass is 16.5. The van der Waals surface area contributed by atoms with Crippen molar-refractivity contribution in [2.24, 2.45) is 0 Å². The van der Waals surface area contributed by atoms with Gasteiger partial charge in [0.05, 0.1) is 6.42 Å². The van der Waals surface area contributed by atoms with Crippen molar-refractivity contribution < 1.29 is 14.6 Å². The zero-order valence-corrected chi connectivity index (χ0v) is 7.20. The highest BCUT2D eigenvalue weighted by Gasteiger charge is 2.25. The number of carbonyl (C=O) groups excluding carboxylic acids is 1. The van der Waals surface area contributed by atoms with E-state index >= 15 is 0 Å². The first-order valence-corrected chi connectivity index (χ1v) is 4.28. The number of nitrogens with one attached hydrogen (secondary N) is 1. The molecule has 0 atom stereocenters. The lowest BCUT2D eigenvalue weighted by molar-refractivity contribution is -0.132. The SMILES string of the molecule is O=C1Cc2c([nH]c3ccc(O)cc23)O1. The van der Waals surface area contributed by atoms with Crippen LogP contribution in [-0.2, 0) is 11.2 Å². The van der Waals surface area contributed by atoms with Gasteiger partial charge in [-0.3, -0.25) is 4.79 Å². The Morgan fingerprint density at radius 1 is 1.43 bits per heavy atom. The number of hydrogen-bond acceptors (Lipinski definition) is 3. The molecular formula is C10H7NO3. The molecule has 4 heteroatoms. The molecule has 0 saturated carbocycles. The molecule has 0 bridgehead atoms. The predicted molar refractivity (Wildman–Crippen MR) is 49.3 cm³/mol. The van der Waals surface area contributed by atoms with Gasteiger partial charge in [-0.2, -0.15) is 0 Å². The van der Waals surface area contributed by atoms with Gasteiger partial charge in [-0.15, -0.1) is 0 Å². The maximum Gasteiger partial charge on any atom is 0.317 e. The summed E-state index contributed by atoms with van der Waals surface area (Å²) < 4.78 is 4.96. The van der Waals surface area contributed by atoms with Crippen molar-refractivity contribution in [3.8, 4) is 11.6 Å². The molecule has 70 valence electrons. The van der Waals surface area contributed by atoms with Crippen molar-refractivity contribution in [1.82, 2.24) is 4.98 Å². The summed E-state index contributed by atoms with van der Waals surface area (Å²) in [7, 11) is 0. The number of phenolic OH excluding ortho intramolecular Hbond substituents is 1. The first-order valence-electron chi connectivity index (χ1n) is 4.28. The fraction of sp³-hybridized carbons (Fsp3) is 0.100. The lowest BCUT2D eigenvalue weighted by atomic mass is 10.1. The fourth-order valence-electron chi connectivity index (χ4n) is 1.77. The van der Waals surface area contributed by atoms with Crippen LogP contribution >= 0.6 is 0 Å². The Hall–Kier alpha value is -1.97.